The van der Waals surface area contributed by atoms with Gasteiger partial charge in [0, 0.05) is 37.3 Å². The first-order valence-corrected chi connectivity index (χ1v) is 10.7. The van der Waals surface area contributed by atoms with Gasteiger partial charge in [0.05, 0.1) is 11.7 Å². The molecule has 6 atom stereocenters. The lowest BCUT2D eigenvalue weighted by atomic mass is 9.54. The number of nitrogens with zero attached hydrogens (tertiary/aromatic N) is 2. The number of benzene rings is 1. The van der Waals surface area contributed by atoms with E-state index in [4.69, 9.17) is 5.73 Å². The number of nitrogens with two attached hydrogens (primary N) is 1. The first kappa shape index (κ1) is 23.2. The zero-order valence-electron chi connectivity index (χ0n) is 18.9. The van der Waals surface area contributed by atoms with Gasteiger partial charge in [-0.15, -0.1) is 0 Å². The number of primary amides is 1. The lowest BCUT2D eigenvalue weighted by molar-refractivity contribution is -0.184. The standard InChI is InChI=1S/C23H29N3O7/c1-25(2)12-5-6-13(27)15-10(12)7-9-8-11-17(26(3)4)19(29)16(22(24)32)21(31)23(11,33)20(30)14(9)18(15)28/h5-6,9,11,16-17,19,27-29,33H,7-8H2,1-4H3,(H2,24,32)/t9-,11-,16?,17-,19?,23-/m0/s1. The maximum absolute atomic E-state index is 13.7. The topological polar surface area (TPSA) is 165 Å². The van der Waals surface area contributed by atoms with Crippen molar-refractivity contribution in [2.75, 3.05) is 33.1 Å². The molecule has 1 amide bonds. The van der Waals surface area contributed by atoms with Gasteiger partial charge in [-0.2, -0.15) is 0 Å². The van der Waals surface area contributed by atoms with Gasteiger partial charge in [0.15, 0.2) is 11.4 Å². The van der Waals surface area contributed by atoms with Gasteiger partial charge >= 0.3 is 0 Å². The van der Waals surface area contributed by atoms with Gasteiger partial charge in [0.2, 0.25) is 11.7 Å². The fourth-order valence-corrected chi connectivity index (χ4v) is 6.01. The van der Waals surface area contributed by atoms with Gasteiger partial charge in [-0.3, -0.25) is 14.4 Å². The molecule has 1 aromatic rings. The first-order valence-electron chi connectivity index (χ1n) is 10.7. The number of phenols is 1. The van der Waals surface area contributed by atoms with Crippen LogP contribution in [0, 0.1) is 17.8 Å². The minimum absolute atomic E-state index is 0.0850. The smallest absolute Gasteiger partial charge is 0.230 e. The number of fused-ring (bicyclic) bond motifs is 3. The summed E-state index contributed by atoms with van der Waals surface area (Å²) in [4.78, 5) is 42.3. The Bertz CT molecular complexity index is 1100. The number of anilines is 1. The lowest BCUT2D eigenvalue weighted by Gasteiger charge is -2.53. The predicted molar refractivity (Wildman–Crippen MR) is 118 cm³/mol. The molecule has 10 heteroatoms. The number of aliphatic hydroxyl groups is 3. The van der Waals surface area contributed by atoms with Crippen LogP contribution in [0.3, 0.4) is 0 Å². The van der Waals surface area contributed by atoms with E-state index in [1.165, 1.54) is 6.07 Å². The van der Waals surface area contributed by atoms with Crippen molar-refractivity contribution in [3.63, 3.8) is 0 Å². The van der Waals surface area contributed by atoms with Gasteiger partial charge in [-0.05, 0) is 50.6 Å². The Labute approximate surface area is 190 Å². The van der Waals surface area contributed by atoms with Crippen LogP contribution < -0.4 is 10.6 Å². The molecule has 2 saturated carbocycles. The van der Waals surface area contributed by atoms with Crippen LogP contribution in [0.4, 0.5) is 5.69 Å². The molecule has 2 fully saturated rings. The summed E-state index contributed by atoms with van der Waals surface area (Å²) in [5.74, 6) is -7.40. The van der Waals surface area contributed by atoms with Crippen molar-refractivity contribution in [2.45, 2.75) is 30.6 Å². The molecule has 1 aromatic carbocycles. The van der Waals surface area contributed by atoms with Gasteiger partial charge in [0.1, 0.15) is 17.4 Å². The second-order valence-corrected chi connectivity index (χ2v) is 9.64. The van der Waals surface area contributed by atoms with Crippen LogP contribution in [0.5, 0.6) is 5.75 Å². The summed E-state index contributed by atoms with van der Waals surface area (Å²) in [5, 5.41) is 44.0. The van der Waals surface area contributed by atoms with Crippen LogP contribution in [0.2, 0.25) is 0 Å². The largest absolute Gasteiger partial charge is 0.507 e. The Hall–Kier alpha value is -2.95. The molecular weight excluding hydrogens is 430 g/mol. The second kappa shape index (κ2) is 7.54. The van der Waals surface area contributed by atoms with E-state index in [0.29, 0.717) is 5.56 Å². The normalized spacial score (nSPS) is 33.5. The van der Waals surface area contributed by atoms with E-state index >= 15 is 0 Å². The Morgan fingerprint density at radius 3 is 2.33 bits per heavy atom. The number of hydrogen-bond donors (Lipinski definition) is 5. The SMILES string of the molecule is CN(C)c1ccc(O)c2c1C[C@H]1C[C@H]3[C@H](N(C)C)C(O)C(C(N)=O)C(=O)[C@@]3(O)C(=O)C1=C2O. The van der Waals surface area contributed by atoms with E-state index in [9.17, 15) is 34.8 Å². The van der Waals surface area contributed by atoms with Gasteiger partial charge in [0.25, 0.3) is 0 Å². The van der Waals surface area contributed by atoms with Crippen molar-refractivity contribution in [2.24, 2.45) is 23.5 Å². The van der Waals surface area contributed by atoms with Crippen LogP contribution in [0.1, 0.15) is 17.5 Å². The summed E-state index contributed by atoms with van der Waals surface area (Å²) >= 11 is 0. The Balaban J connectivity index is 1.94. The average Bonchev–Trinajstić information content (AvgIpc) is 2.70. The monoisotopic (exact) mass is 459 g/mol. The summed E-state index contributed by atoms with van der Waals surface area (Å²) in [5.41, 5.74) is 4.05. The molecule has 3 aliphatic carbocycles. The van der Waals surface area contributed by atoms with Gasteiger partial charge in [-0.25, -0.2) is 0 Å². The van der Waals surface area contributed by atoms with Crippen molar-refractivity contribution in [3.05, 3.63) is 28.8 Å². The van der Waals surface area contributed by atoms with Gasteiger partial charge < -0.3 is 36.0 Å². The number of likely N-dealkylation sites (N-methyl/N-ethyl adjacent to an activating group) is 1. The maximum atomic E-state index is 13.7. The van der Waals surface area contributed by atoms with Crippen molar-refractivity contribution < 1.29 is 34.8 Å². The number of ketones is 2. The minimum atomic E-state index is -2.64. The Morgan fingerprint density at radius 2 is 1.79 bits per heavy atom. The molecule has 4 rings (SSSR count). The summed E-state index contributed by atoms with van der Waals surface area (Å²) in [6.07, 6.45) is -1.13. The summed E-state index contributed by atoms with van der Waals surface area (Å²) < 4.78 is 0. The average molecular weight is 459 g/mol. The Kier molecular flexibility index (Phi) is 5.31. The lowest BCUT2D eigenvalue weighted by Crippen LogP contribution is -2.73. The highest BCUT2D eigenvalue weighted by atomic mass is 16.3. The molecule has 33 heavy (non-hydrogen) atoms. The zero-order valence-corrected chi connectivity index (χ0v) is 18.9. The number of aromatic hydroxyl groups is 1. The number of phenolic OH excluding ortho intramolecular Hbond substituents is 1. The quantitative estimate of drug-likeness (QED) is 0.364. The zero-order chi connectivity index (χ0) is 24.6. The highest BCUT2D eigenvalue weighted by Gasteiger charge is 2.67. The van der Waals surface area contributed by atoms with Crippen molar-refractivity contribution in [3.8, 4) is 5.75 Å². The summed E-state index contributed by atoms with van der Waals surface area (Å²) in [6, 6.07) is 2.21. The number of carbonyl (C=O) groups is 3. The molecule has 0 spiro atoms. The molecule has 3 aliphatic rings. The van der Waals surface area contributed by atoms with Crippen LogP contribution in [-0.4, -0.2) is 88.7 Å². The number of aliphatic hydroxyl groups excluding tert-OH is 2. The molecule has 0 aliphatic heterocycles. The van der Waals surface area contributed by atoms with Gasteiger partial charge in [-0.1, -0.05) is 0 Å². The van der Waals surface area contributed by atoms with Crippen molar-refractivity contribution in [1.29, 1.82) is 0 Å². The fourth-order valence-electron chi connectivity index (χ4n) is 6.01. The van der Waals surface area contributed by atoms with Crippen molar-refractivity contribution in [1.82, 2.24) is 4.90 Å². The molecule has 0 heterocycles. The highest BCUT2D eigenvalue weighted by Crippen LogP contribution is 2.53. The molecule has 0 aromatic heterocycles. The van der Waals surface area contributed by atoms with Crippen LogP contribution in [0.15, 0.2) is 17.7 Å². The van der Waals surface area contributed by atoms with Crippen LogP contribution in [-0.2, 0) is 20.8 Å². The molecule has 0 saturated heterocycles. The molecule has 6 N–H and O–H groups in total. The van der Waals surface area contributed by atoms with Crippen molar-refractivity contribution >= 4 is 28.9 Å². The van der Waals surface area contributed by atoms with E-state index < -0.39 is 58.7 Å². The van der Waals surface area contributed by atoms with E-state index in [1.54, 1.807) is 25.1 Å². The summed E-state index contributed by atoms with van der Waals surface area (Å²) in [6.45, 7) is 0. The summed E-state index contributed by atoms with van der Waals surface area (Å²) in [7, 11) is 6.87. The Morgan fingerprint density at radius 1 is 1.15 bits per heavy atom. The maximum Gasteiger partial charge on any atom is 0.230 e. The van der Waals surface area contributed by atoms with Crippen LogP contribution in [0.25, 0.3) is 5.76 Å². The number of carbonyl (C=O) groups excluding carboxylic acids is 3. The number of Topliss-reactive ketones (excluding diaryl/α,β-unsaturated/α-hetero) is 2. The predicted octanol–water partition coefficient (Wildman–Crippen LogP) is -0.805. The molecule has 10 nitrogen and oxygen atoms in total. The fraction of sp³-hybridized carbons (Fsp3) is 0.522. The third-order valence-corrected chi connectivity index (χ3v) is 7.43. The van der Waals surface area contributed by atoms with E-state index in [2.05, 4.69) is 0 Å². The third-order valence-electron chi connectivity index (χ3n) is 7.43. The number of rotatable bonds is 3. The molecular formula is C23H29N3O7. The van der Waals surface area contributed by atoms with E-state index in [1.807, 2.05) is 19.0 Å². The molecule has 0 radical (unpaired) electrons. The van der Waals surface area contributed by atoms with Crippen LogP contribution >= 0.6 is 0 Å². The number of amides is 1. The molecule has 178 valence electrons. The second-order valence-electron chi connectivity index (χ2n) is 9.64. The highest BCUT2D eigenvalue weighted by molar-refractivity contribution is 6.25. The number of hydrogen-bond acceptors (Lipinski definition) is 9. The molecule has 0 bridgehead atoms. The van der Waals surface area contributed by atoms with E-state index in [0.717, 1.165) is 5.69 Å². The van der Waals surface area contributed by atoms with E-state index in [-0.39, 0.29) is 29.7 Å². The molecule has 2 unspecified atom stereocenters. The minimum Gasteiger partial charge on any atom is -0.507 e. The first-order chi connectivity index (χ1) is 15.3. The third kappa shape index (κ3) is 3.01.